The molecule has 1 N–H and O–H groups in total. The van der Waals surface area contributed by atoms with Crippen molar-refractivity contribution < 1.29 is 18.8 Å². The van der Waals surface area contributed by atoms with Crippen molar-refractivity contribution in [1.29, 1.82) is 0 Å². The molecule has 9 nitrogen and oxygen atoms in total. The van der Waals surface area contributed by atoms with Gasteiger partial charge in [-0.25, -0.2) is 9.67 Å². The molecule has 10 heteroatoms. The number of nitrogens with zero attached hydrogens (tertiary/aromatic N) is 5. The van der Waals surface area contributed by atoms with E-state index in [9.17, 15) is 9.35 Å². The first kappa shape index (κ1) is 22.8. The highest BCUT2D eigenvalue weighted by atomic mass is 32.2. The van der Waals surface area contributed by atoms with E-state index in [1.54, 1.807) is 17.4 Å². The smallest absolute Gasteiger partial charge is 0.275 e. The number of hydrogen-bond acceptors (Lipinski definition) is 6. The Balaban J connectivity index is 1.39. The highest BCUT2D eigenvalue weighted by molar-refractivity contribution is 7.91. The Morgan fingerprint density at radius 1 is 1.14 bits per heavy atom. The minimum absolute atomic E-state index is 0.127. The van der Waals surface area contributed by atoms with Gasteiger partial charge in [0.25, 0.3) is 5.91 Å². The first-order chi connectivity index (χ1) is 17.7. The predicted octanol–water partition coefficient (Wildman–Crippen LogP) is 3.25. The van der Waals surface area contributed by atoms with E-state index in [0.29, 0.717) is 56.7 Å². The topological polar surface area (TPSA) is 94.6 Å². The second-order valence-corrected chi connectivity index (χ2v) is 10.1. The lowest BCUT2D eigenvalue weighted by Crippen LogP contribution is -2.41. The van der Waals surface area contributed by atoms with E-state index < -0.39 is 11.2 Å². The molecule has 0 spiro atoms. The summed E-state index contributed by atoms with van der Waals surface area (Å²) >= 11 is -1.01. The standard InChI is InChI=1S/C26H26N5O4S/c32-26(30-11-13-34-14-12-30)24-22-17-36(33)23-7-2-1-6-21(23)25(22)31(28-24)19-4-3-5-20(16-19)35-15-10-29-9-8-27-18-29/h1-9,16,18,33H,10-15,17H2/q+1. The predicted molar refractivity (Wildman–Crippen MR) is 135 cm³/mol. The fourth-order valence-electron chi connectivity index (χ4n) is 4.61. The lowest BCUT2D eigenvalue weighted by Gasteiger charge is -2.26. The number of fused-ring (bicyclic) bond motifs is 3. The molecule has 0 bridgehead atoms. The van der Waals surface area contributed by atoms with Crippen molar-refractivity contribution in [2.45, 2.75) is 17.2 Å². The number of morpholine rings is 1. The zero-order valence-electron chi connectivity index (χ0n) is 19.6. The molecule has 4 heterocycles. The minimum Gasteiger partial charge on any atom is -0.492 e. The monoisotopic (exact) mass is 504 g/mol. The Kier molecular flexibility index (Phi) is 6.22. The van der Waals surface area contributed by atoms with Gasteiger partial charge in [-0.1, -0.05) is 18.2 Å². The number of carbonyl (C=O) groups is 1. The van der Waals surface area contributed by atoms with Crippen LogP contribution in [0.1, 0.15) is 16.1 Å². The zero-order valence-corrected chi connectivity index (χ0v) is 20.4. The third-order valence-corrected chi connectivity index (χ3v) is 7.83. The van der Waals surface area contributed by atoms with Crippen LogP contribution >= 0.6 is 0 Å². The van der Waals surface area contributed by atoms with Crippen LogP contribution in [-0.4, -0.2) is 67.6 Å². The molecule has 2 aliphatic heterocycles. The fraction of sp³-hybridized carbons (Fsp3) is 0.269. The zero-order chi connectivity index (χ0) is 24.5. The Labute approximate surface area is 211 Å². The van der Waals surface area contributed by atoms with Crippen LogP contribution in [0.15, 0.2) is 72.1 Å². The van der Waals surface area contributed by atoms with Gasteiger partial charge in [-0.3, -0.25) is 4.79 Å². The van der Waals surface area contributed by atoms with Crippen molar-refractivity contribution in [3.05, 3.63) is 78.5 Å². The molecule has 2 aromatic carbocycles. The number of benzene rings is 2. The Bertz CT molecular complexity index is 1380. The summed E-state index contributed by atoms with van der Waals surface area (Å²) in [5, 5.41) is 4.84. The number of amides is 1. The molecule has 1 atom stereocenters. The van der Waals surface area contributed by atoms with E-state index in [0.717, 1.165) is 27.4 Å². The fourth-order valence-corrected chi connectivity index (χ4v) is 5.97. The van der Waals surface area contributed by atoms with E-state index >= 15 is 0 Å². The molecule has 0 saturated carbocycles. The van der Waals surface area contributed by atoms with Crippen LogP contribution in [0.5, 0.6) is 5.75 Å². The van der Waals surface area contributed by atoms with Crippen molar-refractivity contribution in [3.8, 4) is 22.7 Å². The summed E-state index contributed by atoms with van der Waals surface area (Å²) in [6.07, 6.45) is 5.40. The molecule has 1 saturated heterocycles. The van der Waals surface area contributed by atoms with E-state index in [-0.39, 0.29) is 5.91 Å². The van der Waals surface area contributed by atoms with E-state index in [4.69, 9.17) is 14.6 Å². The molecular weight excluding hydrogens is 478 g/mol. The molecular formula is C26H26N5O4S+. The summed E-state index contributed by atoms with van der Waals surface area (Å²) in [5.74, 6) is 0.945. The average molecular weight is 505 g/mol. The van der Waals surface area contributed by atoms with Gasteiger partial charge in [0.1, 0.15) is 12.4 Å². The third kappa shape index (κ3) is 4.27. The van der Waals surface area contributed by atoms with Gasteiger partial charge in [0, 0.05) is 31.5 Å². The maximum atomic E-state index is 13.5. The normalized spacial score (nSPS) is 16.9. The largest absolute Gasteiger partial charge is 0.492 e. The summed E-state index contributed by atoms with van der Waals surface area (Å²) in [5.41, 5.74) is 3.70. The Morgan fingerprint density at radius 3 is 2.83 bits per heavy atom. The summed E-state index contributed by atoms with van der Waals surface area (Å²) in [4.78, 5) is 20.2. The molecule has 1 unspecified atom stereocenters. The van der Waals surface area contributed by atoms with Crippen molar-refractivity contribution in [2.75, 3.05) is 32.9 Å². The molecule has 2 aromatic heterocycles. The molecule has 0 radical (unpaired) electrons. The maximum Gasteiger partial charge on any atom is 0.275 e. The number of rotatable bonds is 6. The van der Waals surface area contributed by atoms with Crippen molar-refractivity contribution in [2.24, 2.45) is 0 Å². The summed E-state index contributed by atoms with van der Waals surface area (Å²) < 4.78 is 26.2. The van der Waals surface area contributed by atoms with Crippen molar-refractivity contribution in [3.63, 3.8) is 0 Å². The van der Waals surface area contributed by atoms with E-state index in [2.05, 4.69) is 4.98 Å². The molecule has 6 rings (SSSR count). The number of ether oxygens (including phenoxy) is 2. The highest BCUT2D eigenvalue weighted by Crippen LogP contribution is 2.41. The van der Waals surface area contributed by atoms with Crippen LogP contribution in [-0.2, 0) is 28.2 Å². The van der Waals surface area contributed by atoms with Gasteiger partial charge in [-0.15, -0.1) is 0 Å². The first-order valence-electron chi connectivity index (χ1n) is 11.9. The summed E-state index contributed by atoms with van der Waals surface area (Å²) in [6.45, 7) is 3.27. The van der Waals surface area contributed by atoms with Crippen molar-refractivity contribution >= 4 is 17.1 Å². The van der Waals surface area contributed by atoms with Crippen LogP contribution in [0.3, 0.4) is 0 Å². The van der Waals surface area contributed by atoms with Gasteiger partial charge in [-0.2, -0.15) is 9.65 Å². The van der Waals surface area contributed by atoms with Gasteiger partial charge < -0.3 is 18.9 Å². The maximum absolute atomic E-state index is 13.5. The number of hydrogen-bond donors (Lipinski definition) is 1. The molecule has 1 amide bonds. The highest BCUT2D eigenvalue weighted by Gasteiger charge is 2.40. The minimum atomic E-state index is -1.01. The van der Waals surface area contributed by atoms with Gasteiger partial charge in [0.2, 0.25) is 0 Å². The molecule has 184 valence electrons. The van der Waals surface area contributed by atoms with Crippen LogP contribution in [0.25, 0.3) is 16.9 Å². The van der Waals surface area contributed by atoms with E-state index in [1.165, 1.54) is 0 Å². The van der Waals surface area contributed by atoms with Gasteiger partial charge >= 0.3 is 0 Å². The second-order valence-electron chi connectivity index (χ2n) is 8.64. The van der Waals surface area contributed by atoms with Crippen LogP contribution in [0, 0.1) is 0 Å². The number of aromatic nitrogens is 4. The molecule has 4 aromatic rings. The number of imidazole rings is 1. The average Bonchev–Trinajstić information content (AvgIpc) is 3.57. The van der Waals surface area contributed by atoms with Crippen molar-refractivity contribution in [1.82, 2.24) is 24.2 Å². The Morgan fingerprint density at radius 2 is 2.00 bits per heavy atom. The quantitative estimate of drug-likeness (QED) is 0.405. The summed E-state index contributed by atoms with van der Waals surface area (Å²) in [7, 11) is 0. The SMILES string of the molecule is O=C(c1nn(-c2cccc(OCCn3ccnc3)c2)c2c1C[S+](O)c1ccccc1-2)N1CCOCC1. The molecule has 1 fully saturated rings. The van der Waals surface area contributed by atoms with Crippen LogP contribution in [0.4, 0.5) is 0 Å². The van der Waals surface area contributed by atoms with Gasteiger partial charge in [-0.05, 0) is 24.3 Å². The van der Waals surface area contributed by atoms with Gasteiger partial charge in [0.05, 0.1) is 48.6 Å². The molecule has 36 heavy (non-hydrogen) atoms. The molecule has 2 aliphatic rings. The third-order valence-electron chi connectivity index (χ3n) is 6.40. The number of carbonyl (C=O) groups excluding carboxylic acids is 1. The van der Waals surface area contributed by atoms with Crippen LogP contribution in [0.2, 0.25) is 0 Å². The first-order valence-corrected chi connectivity index (χ1v) is 13.2. The van der Waals surface area contributed by atoms with E-state index in [1.807, 2.05) is 64.0 Å². The lowest BCUT2D eigenvalue weighted by molar-refractivity contribution is 0.0298. The second kappa shape index (κ2) is 9.81. The lowest BCUT2D eigenvalue weighted by atomic mass is 10.0. The van der Waals surface area contributed by atoms with Gasteiger partial charge in [0.15, 0.2) is 27.5 Å². The van der Waals surface area contributed by atoms with Crippen LogP contribution < -0.4 is 4.74 Å². The summed E-state index contributed by atoms with van der Waals surface area (Å²) in [6, 6.07) is 15.5. The molecule has 0 aliphatic carbocycles. The Hall–Kier alpha value is -3.60.